The lowest BCUT2D eigenvalue weighted by molar-refractivity contribution is 0.157. The summed E-state index contributed by atoms with van der Waals surface area (Å²) in [5.74, 6) is 0.785. The van der Waals surface area contributed by atoms with Gasteiger partial charge in [0.2, 0.25) is 0 Å². The van der Waals surface area contributed by atoms with E-state index in [0.717, 1.165) is 11.3 Å². The Morgan fingerprint density at radius 1 is 1.29 bits per heavy atom. The zero-order valence-corrected chi connectivity index (χ0v) is 14.2. The van der Waals surface area contributed by atoms with E-state index in [1.165, 1.54) is 11.2 Å². The molecule has 1 unspecified atom stereocenters. The van der Waals surface area contributed by atoms with E-state index in [9.17, 15) is 9.90 Å². The first-order valence-corrected chi connectivity index (χ1v) is 8.70. The van der Waals surface area contributed by atoms with Gasteiger partial charge in [-0.1, -0.05) is 18.2 Å². The number of rotatable bonds is 7. The average Bonchev–Trinajstić information content (AvgIpc) is 3.01. The molecule has 24 heavy (non-hydrogen) atoms. The first-order valence-electron chi connectivity index (χ1n) is 7.71. The Kier molecular flexibility index (Phi) is 5.34. The maximum absolute atomic E-state index is 11.7. The van der Waals surface area contributed by atoms with Crippen LogP contribution in [0.4, 0.5) is 0 Å². The smallest absolute Gasteiger partial charge is 0.275 e. The number of likely N-dealkylation sites (N-methyl/N-ethyl adjacent to an activating group) is 1. The minimum absolute atomic E-state index is 0.0159. The van der Waals surface area contributed by atoms with Crippen molar-refractivity contribution in [1.29, 1.82) is 0 Å². The molecule has 2 aromatic heterocycles. The molecule has 0 amide bonds. The van der Waals surface area contributed by atoms with Crippen LogP contribution in [0.5, 0.6) is 0 Å². The first-order chi connectivity index (χ1) is 11.7. The van der Waals surface area contributed by atoms with Gasteiger partial charge in [-0.3, -0.25) is 9.69 Å². The summed E-state index contributed by atoms with van der Waals surface area (Å²) in [6, 6.07) is 10.2. The molecule has 0 aliphatic carbocycles. The molecule has 0 radical (unpaired) electrons. The zero-order chi connectivity index (χ0) is 16.9. The third-order valence-electron chi connectivity index (χ3n) is 3.99. The average molecular weight is 344 g/mol. The number of H-pyrrole nitrogens is 2. The largest absolute Gasteiger partial charge is 0.395 e. The second kappa shape index (κ2) is 7.65. The lowest BCUT2D eigenvalue weighted by atomic mass is 10.2. The maximum atomic E-state index is 11.7. The number of fused-ring (bicyclic) bond motifs is 1. The van der Waals surface area contributed by atoms with E-state index in [-0.39, 0.29) is 18.2 Å². The van der Waals surface area contributed by atoms with E-state index < -0.39 is 0 Å². The molecule has 6 nitrogen and oxygen atoms in total. The quantitative estimate of drug-likeness (QED) is 0.570. The van der Waals surface area contributed by atoms with Crippen LogP contribution in [0.2, 0.25) is 0 Å². The van der Waals surface area contributed by atoms with Gasteiger partial charge in [0.05, 0.1) is 18.5 Å². The number of aromatic amines is 2. The second-order valence-electron chi connectivity index (χ2n) is 5.64. The minimum atomic E-state index is -0.174. The number of aliphatic hydroxyl groups is 1. The van der Waals surface area contributed by atoms with Crippen molar-refractivity contribution in [2.75, 3.05) is 19.4 Å². The standard InChI is InChI=1S/C17H20N4O2S/c1-21(13(9-22)10-24-14-5-3-2-4-6-14)8-12-7-18-16-15(12)19-11-20-17(16)23/h2-7,11,13,18,22H,8-10H2,1H3,(H,19,20,23). The molecule has 2 heterocycles. The molecule has 0 aliphatic rings. The van der Waals surface area contributed by atoms with Crippen LogP contribution >= 0.6 is 11.8 Å². The van der Waals surface area contributed by atoms with Gasteiger partial charge < -0.3 is 15.1 Å². The van der Waals surface area contributed by atoms with Gasteiger partial charge in [-0.15, -0.1) is 11.8 Å². The monoisotopic (exact) mass is 344 g/mol. The van der Waals surface area contributed by atoms with Gasteiger partial charge in [0, 0.05) is 35.0 Å². The number of hydrogen-bond donors (Lipinski definition) is 3. The summed E-state index contributed by atoms with van der Waals surface area (Å²) in [7, 11) is 1.97. The normalized spacial score (nSPS) is 12.8. The number of nitrogens with one attached hydrogen (secondary N) is 2. The van der Waals surface area contributed by atoms with Crippen molar-refractivity contribution in [3.63, 3.8) is 0 Å². The van der Waals surface area contributed by atoms with Crippen molar-refractivity contribution >= 4 is 22.8 Å². The third-order valence-corrected chi connectivity index (χ3v) is 5.14. The number of nitrogens with zero attached hydrogens (tertiary/aromatic N) is 2. The van der Waals surface area contributed by atoms with Crippen LogP contribution in [0.3, 0.4) is 0 Å². The van der Waals surface area contributed by atoms with E-state index in [1.807, 2.05) is 31.4 Å². The van der Waals surface area contributed by atoms with Gasteiger partial charge in [-0.2, -0.15) is 0 Å². The van der Waals surface area contributed by atoms with Gasteiger partial charge >= 0.3 is 0 Å². The number of thioether (sulfide) groups is 1. The van der Waals surface area contributed by atoms with E-state index >= 15 is 0 Å². The van der Waals surface area contributed by atoms with Crippen LogP contribution in [-0.2, 0) is 6.54 Å². The summed E-state index contributed by atoms with van der Waals surface area (Å²) in [6.45, 7) is 0.684. The van der Waals surface area contributed by atoms with Crippen molar-refractivity contribution in [3.05, 3.63) is 58.8 Å². The lowest BCUT2D eigenvalue weighted by Gasteiger charge is -2.25. The van der Waals surface area contributed by atoms with Crippen LogP contribution in [0.15, 0.2) is 52.5 Å². The van der Waals surface area contributed by atoms with Gasteiger partial charge in [0.1, 0.15) is 5.52 Å². The summed E-state index contributed by atoms with van der Waals surface area (Å²) in [5.41, 5.74) is 1.94. The number of hydrogen-bond acceptors (Lipinski definition) is 5. The molecule has 1 atom stereocenters. The third kappa shape index (κ3) is 3.69. The van der Waals surface area contributed by atoms with E-state index in [1.54, 1.807) is 11.8 Å². The molecule has 0 saturated carbocycles. The predicted octanol–water partition coefficient (Wildman–Crippen LogP) is 1.84. The molecule has 3 N–H and O–H groups in total. The van der Waals surface area contributed by atoms with Crippen molar-refractivity contribution in [2.45, 2.75) is 17.5 Å². The van der Waals surface area contributed by atoms with Crippen LogP contribution in [-0.4, -0.2) is 50.4 Å². The van der Waals surface area contributed by atoms with Crippen LogP contribution in [0, 0.1) is 0 Å². The highest BCUT2D eigenvalue weighted by atomic mass is 32.2. The molecule has 0 aliphatic heterocycles. The SMILES string of the molecule is CN(Cc1c[nH]c2c(=O)[nH]cnc12)C(CO)CSc1ccccc1. The first kappa shape index (κ1) is 16.8. The Morgan fingerprint density at radius 2 is 2.08 bits per heavy atom. The van der Waals surface area contributed by atoms with Crippen molar-refractivity contribution < 1.29 is 5.11 Å². The highest BCUT2D eigenvalue weighted by molar-refractivity contribution is 7.99. The van der Waals surface area contributed by atoms with Crippen molar-refractivity contribution in [3.8, 4) is 0 Å². The zero-order valence-electron chi connectivity index (χ0n) is 13.4. The molecule has 3 rings (SSSR count). The van der Waals surface area contributed by atoms with Gasteiger partial charge in [-0.25, -0.2) is 4.98 Å². The molecule has 0 spiro atoms. The Hall–Kier alpha value is -2.09. The summed E-state index contributed by atoms with van der Waals surface area (Å²) in [4.78, 5) is 24.8. The van der Waals surface area contributed by atoms with Gasteiger partial charge in [0.15, 0.2) is 0 Å². The fourth-order valence-corrected chi connectivity index (χ4v) is 3.65. The van der Waals surface area contributed by atoms with Gasteiger partial charge in [0.25, 0.3) is 5.56 Å². The molecule has 7 heteroatoms. The molecular weight excluding hydrogens is 324 g/mol. The van der Waals surface area contributed by atoms with E-state index in [4.69, 9.17) is 0 Å². The Labute approximate surface area is 143 Å². The summed E-state index contributed by atoms with van der Waals surface area (Å²) in [5, 5.41) is 9.73. The topological polar surface area (TPSA) is 85.0 Å². The molecule has 3 aromatic rings. The summed E-state index contributed by atoms with van der Waals surface area (Å²) < 4.78 is 0. The van der Waals surface area contributed by atoms with Crippen molar-refractivity contribution in [2.24, 2.45) is 0 Å². The van der Waals surface area contributed by atoms with E-state index in [0.29, 0.717) is 17.6 Å². The maximum Gasteiger partial charge on any atom is 0.275 e. The Balaban J connectivity index is 1.68. The Bertz CT molecular complexity index is 846. The van der Waals surface area contributed by atoms with Crippen LogP contribution in [0.1, 0.15) is 5.56 Å². The minimum Gasteiger partial charge on any atom is -0.395 e. The van der Waals surface area contributed by atoms with Crippen molar-refractivity contribution in [1.82, 2.24) is 19.9 Å². The number of aromatic nitrogens is 3. The molecular formula is C17H20N4O2S. The highest BCUT2D eigenvalue weighted by Crippen LogP contribution is 2.21. The fourth-order valence-electron chi connectivity index (χ4n) is 2.55. The van der Waals surface area contributed by atoms with Crippen LogP contribution in [0.25, 0.3) is 11.0 Å². The fraction of sp³-hybridized carbons (Fsp3) is 0.294. The van der Waals surface area contributed by atoms with E-state index in [2.05, 4.69) is 32.0 Å². The highest BCUT2D eigenvalue weighted by Gasteiger charge is 2.17. The molecule has 0 saturated heterocycles. The van der Waals surface area contributed by atoms with Crippen LogP contribution < -0.4 is 5.56 Å². The lowest BCUT2D eigenvalue weighted by Crippen LogP contribution is -2.36. The molecule has 0 bridgehead atoms. The predicted molar refractivity (Wildman–Crippen MR) is 96.2 cm³/mol. The Morgan fingerprint density at radius 3 is 2.83 bits per heavy atom. The van der Waals surface area contributed by atoms with Gasteiger partial charge in [-0.05, 0) is 19.2 Å². The molecule has 0 fully saturated rings. The number of aliphatic hydroxyl groups excluding tert-OH is 1. The second-order valence-corrected chi connectivity index (χ2v) is 6.74. The number of benzene rings is 1. The molecule has 126 valence electrons. The molecule has 1 aromatic carbocycles. The summed E-state index contributed by atoms with van der Waals surface area (Å²) >= 11 is 1.72. The summed E-state index contributed by atoms with van der Waals surface area (Å²) in [6.07, 6.45) is 3.22.